The predicted molar refractivity (Wildman–Crippen MR) is 141 cm³/mol. The molecule has 3 fully saturated rings. The van der Waals surface area contributed by atoms with Gasteiger partial charge in [0.2, 0.25) is 17.6 Å². The molecule has 3 N–H and O–H groups in total. The predicted octanol–water partition coefficient (Wildman–Crippen LogP) is 2.81. The molecule has 0 aromatic heterocycles. The first-order valence-electron chi connectivity index (χ1n) is 13.6. The topological polar surface area (TPSA) is 125 Å². The zero-order chi connectivity index (χ0) is 28.1. The Labute approximate surface area is 221 Å². The maximum absolute atomic E-state index is 13.9. The zero-order valence-electron chi connectivity index (χ0n) is 24.0. The molecule has 5 atom stereocenters. The molecular weight excluding hydrogens is 472 g/mol. The second-order valence-electron chi connectivity index (χ2n) is 14.1. The third kappa shape index (κ3) is 6.34. The normalized spacial score (nSPS) is 26.3. The lowest BCUT2D eigenvalue weighted by Gasteiger charge is -2.38. The lowest BCUT2D eigenvalue weighted by molar-refractivity contribution is -0.145. The van der Waals surface area contributed by atoms with Crippen LogP contribution in [0.15, 0.2) is 0 Å². The van der Waals surface area contributed by atoms with E-state index in [0.29, 0.717) is 18.9 Å². The van der Waals surface area contributed by atoms with Gasteiger partial charge in [-0.05, 0) is 55.8 Å². The molecule has 9 heteroatoms. The number of ketones is 2. The van der Waals surface area contributed by atoms with E-state index in [4.69, 9.17) is 0 Å². The molecule has 0 spiro atoms. The van der Waals surface area contributed by atoms with Gasteiger partial charge < -0.3 is 20.9 Å². The van der Waals surface area contributed by atoms with Crippen LogP contribution < -0.4 is 16.0 Å². The Morgan fingerprint density at radius 1 is 0.973 bits per heavy atom. The second kappa shape index (κ2) is 10.0. The summed E-state index contributed by atoms with van der Waals surface area (Å²) >= 11 is 0. The van der Waals surface area contributed by atoms with E-state index in [1.807, 2.05) is 41.5 Å². The number of amides is 4. The highest BCUT2D eigenvalue weighted by Gasteiger charge is 2.70. The Bertz CT molecular complexity index is 957. The number of fused-ring (bicyclic) bond motifs is 1. The third-order valence-corrected chi connectivity index (χ3v) is 8.41. The van der Waals surface area contributed by atoms with Gasteiger partial charge in [-0.25, -0.2) is 4.79 Å². The fraction of sp³-hybridized carbons (Fsp3) is 0.821. The molecule has 0 aromatic rings. The molecule has 37 heavy (non-hydrogen) atoms. The van der Waals surface area contributed by atoms with Crippen molar-refractivity contribution in [1.82, 2.24) is 20.9 Å². The van der Waals surface area contributed by atoms with Crippen molar-refractivity contribution in [2.24, 2.45) is 28.6 Å². The van der Waals surface area contributed by atoms with E-state index in [9.17, 15) is 24.0 Å². The monoisotopic (exact) mass is 518 g/mol. The van der Waals surface area contributed by atoms with Crippen LogP contribution in [0.4, 0.5) is 4.79 Å². The summed E-state index contributed by atoms with van der Waals surface area (Å²) in [4.78, 5) is 66.5. The van der Waals surface area contributed by atoms with Gasteiger partial charge in [0.1, 0.15) is 12.1 Å². The number of rotatable bonds is 8. The molecule has 9 nitrogen and oxygen atoms in total. The van der Waals surface area contributed by atoms with Crippen LogP contribution >= 0.6 is 0 Å². The average molecular weight is 519 g/mol. The molecule has 208 valence electrons. The molecule has 0 aromatic carbocycles. The van der Waals surface area contributed by atoms with Gasteiger partial charge in [-0.2, -0.15) is 0 Å². The lowest BCUT2D eigenvalue weighted by atomic mass is 9.79. The number of piperidine rings is 1. The number of nitrogens with zero attached hydrogens (tertiary/aromatic N) is 1. The summed E-state index contributed by atoms with van der Waals surface area (Å²) in [6.07, 6.45) is 3.51. The maximum atomic E-state index is 13.9. The Kier molecular flexibility index (Phi) is 7.89. The number of Topliss-reactive ketones (excluding diaryl/α,β-unsaturated/α-hetero) is 2. The van der Waals surface area contributed by atoms with Crippen LogP contribution in [-0.4, -0.2) is 64.5 Å². The van der Waals surface area contributed by atoms with Gasteiger partial charge in [-0.1, -0.05) is 53.9 Å². The van der Waals surface area contributed by atoms with E-state index in [-0.39, 0.29) is 23.2 Å². The van der Waals surface area contributed by atoms with Crippen molar-refractivity contribution in [3.8, 4) is 0 Å². The van der Waals surface area contributed by atoms with E-state index in [0.717, 1.165) is 19.3 Å². The second-order valence-corrected chi connectivity index (χ2v) is 14.1. The zero-order valence-corrected chi connectivity index (χ0v) is 24.0. The first-order chi connectivity index (χ1) is 16.8. The molecule has 3 rings (SSSR count). The summed E-state index contributed by atoms with van der Waals surface area (Å²) in [6, 6.07) is -2.93. The molecule has 3 aliphatic rings. The lowest BCUT2D eigenvalue weighted by Crippen LogP contribution is -2.62. The van der Waals surface area contributed by atoms with Crippen molar-refractivity contribution in [2.45, 2.75) is 112 Å². The van der Waals surface area contributed by atoms with E-state index < -0.39 is 52.6 Å². The quantitative estimate of drug-likeness (QED) is 0.426. The number of hydrogen-bond acceptors (Lipinski definition) is 5. The molecule has 0 radical (unpaired) electrons. The molecule has 1 saturated heterocycles. The van der Waals surface area contributed by atoms with Crippen LogP contribution in [0.1, 0.15) is 88.0 Å². The van der Waals surface area contributed by atoms with Crippen molar-refractivity contribution in [1.29, 1.82) is 0 Å². The van der Waals surface area contributed by atoms with Gasteiger partial charge in [0, 0.05) is 19.0 Å². The molecule has 1 heterocycles. The third-order valence-electron chi connectivity index (χ3n) is 8.41. The molecular formula is C28H46N4O5. The van der Waals surface area contributed by atoms with Crippen LogP contribution in [0.3, 0.4) is 0 Å². The fourth-order valence-electron chi connectivity index (χ4n) is 5.93. The number of carbonyl (C=O) groups excluding carboxylic acids is 5. The minimum Gasteiger partial charge on any atom is -0.344 e. The Morgan fingerprint density at radius 3 is 2.03 bits per heavy atom. The summed E-state index contributed by atoms with van der Waals surface area (Å²) in [5, 5.41) is 8.55. The van der Waals surface area contributed by atoms with Gasteiger partial charge in [0.15, 0.2) is 5.78 Å². The molecule has 2 saturated carbocycles. The van der Waals surface area contributed by atoms with Gasteiger partial charge in [-0.15, -0.1) is 0 Å². The Morgan fingerprint density at radius 2 is 1.57 bits per heavy atom. The van der Waals surface area contributed by atoms with Crippen LogP contribution in [0, 0.1) is 28.6 Å². The Balaban J connectivity index is 1.83. The van der Waals surface area contributed by atoms with Gasteiger partial charge in [0.25, 0.3) is 0 Å². The van der Waals surface area contributed by atoms with Crippen LogP contribution in [0.25, 0.3) is 0 Å². The summed E-state index contributed by atoms with van der Waals surface area (Å²) in [6.45, 7) is 17.0. The summed E-state index contributed by atoms with van der Waals surface area (Å²) in [5.41, 5.74) is -1.19. The number of hydrogen-bond donors (Lipinski definition) is 3. The van der Waals surface area contributed by atoms with Crippen molar-refractivity contribution >= 4 is 29.4 Å². The minimum absolute atomic E-state index is 0.0442. The van der Waals surface area contributed by atoms with E-state index in [1.54, 1.807) is 4.90 Å². The molecule has 4 amide bonds. The summed E-state index contributed by atoms with van der Waals surface area (Å²) in [7, 11) is 0. The van der Waals surface area contributed by atoms with Crippen molar-refractivity contribution in [3.63, 3.8) is 0 Å². The number of nitrogens with one attached hydrogen (secondary N) is 3. The standard InChI is InChI=1S/C28H46N4O5/c1-15(33)21(34)18(13-16-11-10-12-16)29-23(35)20-19-17(28(19,8)9)14-32(20)24(36)22(26(2,3)4)30-25(37)31-27(5,6)7/h16-20,22H,10-14H2,1-9H3,(H,29,35)(H2,30,31,37)/t17-,18?,19-,20-,22+/m0/s1. The smallest absolute Gasteiger partial charge is 0.315 e. The minimum atomic E-state index is -0.873. The highest BCUT2D eigenvalue weighted by atomic mass is 16.2. The van der Waals surface area contributed by atoms with E-state index in [2.05, 4.69) is 29.8 Å². The fourth-order valence-corrected chi connectivity index (χ4v) is 5.93. The number of likely N-dealkylation sites (tertiary alicyclic amines) is 1. The largest absolute Gasteiger partial charge is 0.344 e. The van der Waals surface area contributed by atoms with Crippen molar-refractivity contribution in [2.75, 3.05) is 6.54 Å². The van der Waals surface area contributed by atoms with Gasteiger partial charge in [-0.3, -0.25) is 19.2 Å². The Hall–Kier alpha value is -2.45. The van der Waals surface area contributed by atoms with Crippen molar-refractivity contribution in [3.05, 3.63) is 0 Å². The first kappa shape index (κ1) is 29.1. The first-order valence-corrected chi connectivity index (χ1v) is 13.6. The molecule has 1 aliphatic heterocycles. The van der Waals surface area contributed by atoms with Gasteiger partial charge in [0.05, 0.1) is 6.04 Å². The van der Waals surface area contributed by atoms with E-state index >= 15 is 0 Å². The highest BCUT2D eigenvalue weighted by molar-refractivity contribution is 6.38. The molecule has 0 bridgehead atoms. The average Bonchev–Trinajstić information content (AvgIpc) is 3.06. The van der Waals surface area contributed by atoms with Crippen LogP contribution in [0.5, 0.6) is 0 Å². The number of carbonyl (C=O) groups is 5. The number of urea groups is 1. The van der Waals surface area contributed by atoms with E-state index in [1.165, 1.54) is 6.92 Å². The summed E-state index contributed by atoms with van der Waals surface area (Å²) < 4.78 is 0. The summed E-state index contributed by atoms with van der Waals surface area (Å²) in [5.74, 6) is -1.44. The maximum Gasteiger partial charge on any atom is 0.315 e. The van der Waals surface area contributed by atoms with Gasteiger partial charge >= 0.3 is 6.03 Å². The molecule has 2 aliphatic carbocycles. The van der Waals surface area contributed by atoms with Crippen LogP contribution in [0.2, 0.25) is 0 Å². The van der Waals surface area contributed by atoms with Crippen molar-refractivity contribution < 1.29 is 24.0 Å². The van der Waals surface area contributed by atoms with Crippen LogP contribution in [-0.2, 0) is 19.2 Å². The highest BCUT2D eigenvalue weighted by Crippen LogP contribution is 2.65. The SMILES string of the molecule is CC(=O)C(=O)C(CC1CCC1)NC(=O)[C@@H]1[C@@H]2[C@H](CN1C(=O)[C@@H](NC(=O)NC(C)(C)C)C(C)(C)C)C2(C)C. The molecule has 1 unspecified atom stereocenters.